The van der Waals surface area contributed by atoms with Crippen molar-refractivity contribution in [3.05, 3.63) is 58.2 Å². The minimum absolute atomic E-state index is 0.00649. The zero-order valence-electron chi connectivity index (χ0n) is 15.9. The number of aromatic amines is 1. The first kappa shape index (κ1) is 21.4. The Hall–Kier alpha value is -2.30. The maximum absolute atomic E-state index is 12.6. The number of nitrogens with zero attached hydrogens (tertiary/aromatic N) is 2. The van der Waals surface area contributed by atoms with Gasteiger partial charge < -0.3 is 5.32 Å². The average Bonchev–Trinajstić information content (AvgIpc) is 3.34. The first-order valence-electron chi connectivity index (χ1n) is 9.10. The largest absolute Gasteiger partial charge is 0.354 e. The number of aromatic nitrogens is 3. The maximum Gasteiger partial charge on any atom is 0.242 e. The Labute approximate surface area is 178 Å². The van der Waals surface area contributed by atoms with Crippen LogP contribution >= 0.6 is 23.6 Å². The number of carbonyl (C=O) groups excluding carboxylic acids is 1. The molecule has 2 heterocycles. The molecule has 29 heavy (non-hydrogen) atoms. The lowest BCUT2D eigenvalue weighted by Gasteiger charge is -2.15. The van der Waals surface area contributed by atoms with Crippen LogP contribution in [0.15, 0.2) is 47.8 Å². The summed E-state index contributed by atoms with van der Waals surface area (Å²) in [6.07, 6.45) is 0.349. The van der Waals surface area contributed by atoms with Gasteiger partial charge in [-0.15, -0.1) is 11.3 Å². The van der Waals surface area contributed by atoms with E-state index in [0.717, 1.165) is 10.4 Å². The summed E-state index contributed by atoms with van der Waals surface area (Å²) >= 11 is 6.79. The first-order chi connectivity index (χ1) is 13.9. The molecule has 3 rings (SSSR count). The van der Waals surface area contributed by atoms with E-state index < -0.39 is 15.9 Å². The zero-order valence-corrected chi connectivity index (χ0v) is 18.3. The normalized spacial score (nSPS) is 12.6. The van der Waals surface area contributed by atoms with Crippen LogP contribution in [0.5, 0.6) is 0 Å². The number of thiophene rings is 1. The topological polar surface area (TPSA) is 96.8 Å². The van der Waals surface area contributed by atoms with Crippen LogP contribution in [-0.4, -0.2) is 41.4 Å². The summed E-state index contributed by atoms with van der Waals surface area (Å²) in [7, 11) is -3.23. The van der Waals surface area contributed by atoms with Gasteiger partial charge in [0.15, 0.2) is 20.4 Å². The van der Waals surface area contributed by atoms with E-state index in [1.807, 2.05) is 35.7 Å². The van der Waals surface area contributed by atoms with Crippen molar-refractivity contribution in [2.75, 3.05) is 12.3 Å². The van der Waals surface area contributed by atoms with E-state index in [1.54, 1.807) is 23.6 Å². The molecule has 7 nitrogen and oxygen atoms in total. The van der Waals surface area contributed by atoms with Crippen molar-refractivity contribution >= 4 is 39.3 Å². The number of benzene rings is 1. The van der Waals surface area contributed by atoms with Gasteiger partial charge in [-0.05, 0) is 42.6 Å². The summed E-state index contributed by atoms with van der Waals surface area (Å²) in [6.45, 7) is 2.01. The highest BCUT2D eigenvalue weighted by Gasteiger charge is 2.21. The van der Waals surface area contributed by atoms with Gasteiger partial charge in [-0.25, -0.2) is 8.42 Å². The molecule has 0 aliphatic heterocycles. The van der Waals surface area contributed by atoms with Crippen LogP contribution in [0.25, 0.3) is 10.7 Å². The summed E-state index contributed by atoms with van der Waals surface area (Å²) in [5, 5.41) is 11.7. The van der Waals surface area contributed by atoms with Gasteiger partial charge >= 0.3 is 0 Å². The number of amides is 1. The van der Waals surface area contributed by atoms with Crippen LogP contribution < -0.4 is 5.32 Å². The number of sulfone groups is 1. The molecule has 0 aliphatic carbocycles. The number of rotatable bonds is 9. The molecule has 0 saturated carbocycles. The lowest BCUT2D eigenvalue weighted by atomic mass is 10.2. The summed E-state index contributed by atoms with van der Waals surface area (Å²) in [5.41, 5.74) is 0.764. The third kappa shape index (κ3) is 5.62. The highest BCUT2D eigenvalue weighted by molar-refractivity contribution is 7.90. The van der Waals surface area contributed by atoms with Crippen molar-refractivity contribution in [2.45, 2.75) is 25.1 Å². The maximum atomic E-state index is 12.6. The lowest BCUT2D eigenvalue weighted by Crippen LogP contribution is -2.32. The van der Waals surface area contributed by atoms with E-state index >= 15 is 0 Å². The van der Waals surface area contributed by atoms with Gasteiger partial charge in [-0.1, -0.05) is 36.4 Å². The third-order valence-electron chi connectivity index (χ3n) is 4.37. The molecule has 1 atom stereocenters. The van der Waals surface area contributed by atoms with Crippen LogP contribution in [0.4, 0.5) is 0 Å². The molecule has 3 aromatic rings. The van der Waals surface area contributed by atoms with Gasteiger partial charge in [0, 0.05) is 6.54 Å². The molecule has 2 N–H and O–H groups in total. The Bertz CT molecular complexity index is 1100. The van der Waals surface area contributed by atoms with E-state index in [9.17, 15) is 13.2 Å². The first-order valence-corrected chi connectivity index (χ1v) is 12.2. The highest BCUT2D eigenvalue weighted by atomic mass is 32.2. The fourth-order valence-corrected chi connectivity index (χ4v) is 5.34. The van der Waals surface area contributed by atoms with Crippen molar-refractivity contribution in [3.63, 3.8) is 0 Å². The highest BCUT2D eigenvalue weighted by Crippen LogP contribution is 2.25. The van der Waals surface area contributed by atoms with E-state index in [0.29, 0.717) is 17.0 Å². The SMILES string of the molecule is CC(C(=O)NCCCS(=O)(=O)Cc1ccccc1)n1c(-c2cccs2)n[nH]c1=S. The molecule has 0 aliphatic rings. The molecule has 10 heteroatoms. The molecule has 0 radical (unpaired) electrons. The van der Waals surface area contributed by atoms with Crippen molar-refractivity contribution in [2.24, 2.45) is 0 Å². The smallest absolute Gasteiger partial charge is 0.242 e. The van der Waals surface area contributed by atoms with Crippen molar-refractivity contribution < 1.29 is 13.2 Å². The van der Waals surface area contributed by atoms with Crippen LogP contribution in [0.2, 0.25) is 0 Å². The number of H-pyrrole nitrogens is 1. The van der Waals surface area contributed by atoms with Gasteiger partial charge in [-0.3, -0.25) is 14.5 Å². The van der Waals surface area contributed by atoms with E-state index in [2.05, 4.69) is 15.5 Å². The Morgan fingerprint density at radius 1 is 1.28 bits per heavy atom. The van der Waals surface area contributed by atoms with Crippen LogP contribution in [0, 0.1) is 4.77 Å². The molecular weight excluding hydrogens is 428 g/mol. The average molecular weight is 451 g/mol. The minimum atomic E-state index is -3.23. The number of hydrogen-bond donors (Lipinski definition) is 2. The molecule has 1 unspecified atom stereocenters. The monoisotopic (exact) mass is 450 g/mol. The Morgan fingerprint density at radius 2 is 2.03 bits per heavy atom. The zero-order chi connectivity index (χ0) is 20.9. The number of nitrogens with one attached hydrogen (secondary N) is 2. The lowest BCUT2D eigenvalue weighted by molar-refractivity contribution is -0.123. The van der Waals surface area contributed by atoms with Crippen molar-refractivity contribution in [3.8, 4) is 10.7 Å². The van der Waals surface area contributed by atoms with Crippen molar-refractivity contribution in [1.82, 2.24) is 20.1 Å². The second-order valence-electron chi connectivity index (χ2n) is 6.60. The molecule has 2 aromatic heterocycles. The molecular formula is C19H22N4O3S3. The third-order valence-corrected chi connectivity index (χ3v) is 7.21. The van der Waals surface area contributed by atoms with Gasteiger partial charge in [0.2, 0.25) is 5.91 Å². The van der Waals surface area contributed by atoms with Gasteiger partial charge in [-0.2, -0.15) is 5.10 Å². The molecule has 1 amide bonds. The quantitative estimate of drug-likeness (QED) is 0.385. The molecule has 0 bridgehead atoms. The second kappa shape index (κ2) is 9.47. The van der Waals surface area contributed by atoms with Gasteiger partial charge in [0.1, 0.15) is 6.04 Å². The fourth-order valence-electron chi connectivity index (χ4n) is 2.91. The Kier molecular flexibility index (Phi) is 6.99. The summed E-state index contributed by atoms with van der Waals surface area (Å²) in [4.78, 5) is 13.5. The van der Waals surface area contributed by atoms with Crippen molar-refractivity contribution in [1.29, 1.82) is 0 Å². The fraction of sp³-hybridized carbons (Fsp3) is 0.316. The predicted octanol–water partition coefficient (Wildman–Crippen LogP) is 3.35. The van der Waals surface area contributed by atoms with Gasteiger partial charge in [0.25, 0.3) is 0 Å². The number of carbonyl (C=O) groups is 1. The molecule has 1 aromatic carbocycles. The summed E-state index contributed by atoms with van der Waals surface area (Å²) in [6, 6.07) is 12.3. The Morgan fingerprint density at radius 3 is 2.72 bits per heavy atom. The summed E-state index contributed by atoms with van der Waals surface area (Å²) < 4.78 is 26.5. The molecule has 154 valence electrons. The van der Waals surface area contributed by atoms with E-state index in [1.165, 1.54) is 11.3 Å². The van der Waals surface area contributed by atoms with Crippen LogP contribution in [-0.2, 0) is 20.4 Å². The standard InChI is InChI=1S/C19H22N4O3S3/c1-14(23-17(21-22-19(23)27)16-9-5-11-28-16)18(24)20-10-6-12-29(25,26)13-15-7-3-2-4-8-15/h2-5,7-9,11,14H,6,10,12-13H2,1H3,(H,20,24)(H,22,27). The molecule has 0 fully saturated rings. The van der Waals surface area contributed by atoms with Gasteiger partial charge in [0.05, 0.1) is 16.4 Å². The van der Waals surface area contributed by atoms with Crippen LogP contribution in [0.3, 0.4) is 0 Å². The number of hydrogen-bond acceptors (Lipinski definition) is 6. The minimum Gasteiger partial charge on any atom is -0.354 e. The van der Waals surface area contributed by atoms with E-state index in [-0.39, 0.29) is 24.0 Å². The molecule has 0 saturated heterocycles. The van der Waals surface area contributed by atoms with Crippen LogP contribution in [0.1, 0.15) is 24.9 Å². The second-order valence-corrected chi connectivity index (χ2v) is 10.1. The Balaban J connectivity index is 1.54. The predicted molar refractivity (Wildman–Crippen MR) is 117 cm³/mol. The van der Waals surface area contributed by atoms with E-state index in [4.69, 9.17) is 12.2 Å². The molecule has 0 spiro atoms. The summed E-state index contributed by atoms with van der Waals surface area (Å²) in [5.74, 6) is 0.396.